The highest BCUT2D eigenvalue weighted by Gasteiger charge is 2.32. The zero-order valence-electron chi connectivity index (χ0n) is 18.5. The summed E-state index contributed by atoms with van der Waals surface area (Å²) in [6, 6.07) is 13.4. The molecule has 1 amide bonds. The Morgan fingerprint density at radius 3 is 2.34 bits per heavy atom. The number of morpholine rings is 1. The molecule has 2 unspecified atom stereocenters. The number of ether oxygens (including phenoxy) is 2. The molecule has 2 aliphatic rings. The van der Waals surface area contributed by atoms with Gasteiger partial charge in [0, 0.05) is 30.4 Å². The molecule has 2 aromatic rings. The molecule has 1 heterocycles. The molecule has 0 bridgehead atoms. The Kier molecular flexibility index (Phi) is 6.83. The topological polar surface area (TPSA) is 84.9 Å². The Morgan fingerprint density at radius 1 is 1.03 bits per heavy atom. The highest BCUT2D eigenvalue weighted by atomic mass is 32.2. The lowest BCUT2D eigenvalue weighted by Gasteiger charge is -2.34. The van der Waals surface area contributed by atoms with Gasteiger partial charge in [-0.25, -0.2) is 8.42 Å². The van der Waals surface area contributed by atoms with Crippen LogP contribution in [0.2, 0.25) is 0 Å². The van der Waals surface area contributed by atoms with Crippen LogP contribution in [0.25, 0.3) is 0 Å². The van der Waals surface area contributed by atoms with Gasteiger partial charge in [-0.05, 0) is 75.9 Å². The third kappa shape index (κ3) is 5.31. The Balaban J connectivity index is 1.42. The summed E-state index contributed by atoms with van der Waals surface area (Å²) < 4.78 is 39.0. The summed E-state index contributed by atoms with van der Waals surface area (Å²) in [5, 5.41) is 2.86. The minimum Gasteiger partial charge on any atom is -0.490 e. The predicted octanol–water partition coefficient (Wildman–Crippen LogP) is 4.06. The summed E-state index contributed by atoms with van der Waals surface area (Å²) in [5.41, 5.74) is 1.02. The van der Waals surface area contributed by atoms with Crippen LogP contribution in [0.5, 0.6) is 5.75 Å². The predicted molar refractivity (Wildman–Crippen MR) is 122 cm³/mol. The van der Waals surface area contributed by atoms with Crippen LogP contribution in [-0.2, 0) is 14.8 Å². The second-order valence-electron chi connectivity index (χ2n) is 8.61. The first-order valence-electron chi connectivity index (χ1n) is 11.1. The highest BCUT2D eigenvalue weighted by molar-refractivity contribution is 7.89. The van der Waals surface area contributed by atoms with Crippen LogP contribution in [-0.4, -0.2) is 50.0 Å². The Labute approximate surface area is 189 Å². The van der Waals surface area contributed by atoms with Gasteiger partial charge in [-0.3, -0.25) is 4.79 Å². The van der Waals surface area contributed by atoms with Crippen molar-refractivity contribution in [1.82, 2.24) is 4.31 Å². The molecule has 1 saturated carbocycles. The van der Waals surface area contributed by atoms with Crippen LogP contribution in [0, 0.1) is 0 Å². The molecule has 2 atom stereocenters. The van der Waals surface area contributed by atoms with Crippen molar-refractivity contribution in [3.8, 4) is 5.75 Å². The van der Waals surface area contributed by atoms with Crippen molar-refractivity contribution in [2.45, 2.75) is 62.7 Å². The van der Waals surface area contributed by atoms with Gasteiger partial charge in [-0.15, -0.1) is 0 Å². The van der Waals surface area contributed by atoms with Gasteiger partial charge in [0.15, 0.2) is 0 Å². The first-order valence-corrected chi connectivity index (χ1v) is 12.6. The number of amides is 1. The van der Waals surface area contributed by atoms with Crippen LogP contribution in [0.3, 0.4) is 0 Å². The summed E-state index contributed by atoms with van der Waals surface area (Å²) in [7, 11) is -3.64. The maximum absolute atomic E-state index is 13.0. The van der Waals surface area contributed by atoms with E-state index in [1.807, 2.05) is 32.0 Å². The average Bonchev–Trinajstić information content (AvgIpc) is 3.26. The number of nitrogens with zero attached hydrogens (tertiary/aromatic N) is 1. The number of benzene rings is 2. The van der Waals surface area contributed by atoms with E-state index in [0.717, 1.165) is 18.6 Å². The zero-order chi connectivity index (χ0) is 22.7. The molecule has 8 heteroatoms. The fraction of sp³-hybridized carbons (Fsp3) is 0.458. The maximum Gasteiger partial charge on any atom is 0.255 e. The molecular formula is C24H30N2O5S. The molecule has 2 aromatic carbocycles. The molecule has 1 aliphatic heterocycles. The molecule has 32 heavy (non-hydrogen) atoms. The fourth-order valence-electron chi connectivity index (χ4n) is 4.30. The summed E-state index contributed by atoms with van der Waals surface area (Å²) in [6.45, 7) is 4.35. The minimum atomic E-state index is -3.64. The number of hydrogen-bond donors (Lipinski definition) is 1. The van der Waals surface area contributed by atoms with Crippen LogP contribution < -0.4 is 10.1 Å². The van der Waals surface area contributed by atoms with Crippen molar-refractivity contribution in [1.29, 1.82) is 0 Å². The smallest absolute Gasteiger partial charge is 0.255 e. The van der Waals surface area contributed by atoms with Crippen molar-refractivity contribution in [3.05, 3.63) is 54.1 Å². The van der Waals surface area contributed by atoms with E-state index in [2.05, 4.69) is 5.32 Å². The Morgan fingerprint density at radius 2 is 1.69 bits per heavy atom. The van der Waals surface area contributed by atoms with Crippen molar-refractivity contribution >= 4 is 21.6 Å². The van der Waals surface area contributed by atoms with Gasteiger partial charge in [0.05, 0.1) is 23.2 Å². The summed E-state index contributed by atoms with van der Waals surface area (Å²) in [4.78, 5) is 12.9. The molecule has 1 N–H and O–H groups in total. The van der Waals surface area contributed by atoms with Gasteiger partial charge in [0.1, 0.15) is 5.75 Å². The number of rotatable bonds is 6. The molecule has 2 fully saturated rings. The largest absolute Gasteiger partial charge is 0.490 e. The van der Waals surface area contributed by atoms with E-state index < -0.39 is 10.0 Å². The lowest BCUT2D eigenvalue weighted by molar-refractivity contribution is -0.0440. The lowest BCUT2D eigenvalue weighted by atomic mass is 10.2. The maximum atomic E-state index is 13.0. The van der Waals surface area contributed by atoms with E-state index in [1.54, 1.807) is 6.07 Å². The summed E-state index contributed by atoms with van der Waals surface area (Å²) in [6.07, 6.45) is 4.43. The van der Waals surface area contributed by atoms with Crippen LogP contribution >= 0.6 is 0 Å². The lowest BCUT2D eigenvalue weighted by Crippen LogP contribution is -2.48. The van der Waals surface area contributed by atoms with Gasteiger partial charge in [0.25, 0.3) is 5.91 Å². The number of carbonyl (C=O) groups is 1. The Bertz CT molecular complexity index is 1040. The molecule has 0 aromatic heterocycles. The number of anilines is 1. The second kappa shape index (κ2) is 9.60. The van der Waals surface area contributed by atoms with Gasteiger partial charge in [-0.1, -0.05) is 6.07 Å². The van der Waals surface area contributed by atoms with Crippen LogP contribution in [0.15, 0.2) is 53.4 Å². The summed E-state index contributed by atoms with van der Waals surface area (Å²) >= 11 is 0. The van der Waals surface area contributed by atoms with E-state index in [9.17, 15) is 13.2 Å². The molecule has 4 rings (SSSR count). The van der Waals surface area contributed by atoms with Gasteiger partial charge >= 0.3 is 0 Å². The van der Waals surface area contributed by atoms with E-state index in [4.69, 9.17) is 9.47 Å². The number of carbonyl (C=O) groups excluding carboxylic acids is 1. The van der Waals surface area contributed by atoms with E-state index in [-0.39, 0.29) is 29.1 Å². The first kappa shape index (κ1) is 22.8. The Hall–Kier alpha value is -2.42. The zero-order valence-corrected chi connectivity index (χ0v) is 19.3. The third-order valence-electron chi connectivity index (χ3n) is 5.84. The number of sulfonamides is 1. The van der Waals surface area contributed by atoms with E-state index >= 15 is 0 Å². The first-order chi connectivity index (χ1) is 15.3. The molecule has 0 radical (unpaired) electrons. The van der Waals surface area contributed by atoms with E-state index in [1.165, 1.54) is 41.4 Å². The number of hydrogen-bond acceptors (Lipinski definition) is 5. The highest BCUT2D eigenvalue weighted by Crippen LogP contribution is 2.26. The fourth-order valence-corrected chi connectivity index (χ4v) is 5.89. The standard InChI is InChI=1S/C24H30N2O5S/c1-17-15-26(16-18(2)30-17)32(28,29)23-12-10-19(11-13-23)24(27)25-20-6-5-9-22(14-20)31-21-7-3-4-8-21/h5-6,9-14,17-18,21H,3-4,7-8,15-16H2,1-2H3,(H,25,27). The van der Waals surface area contributed by atoms with Crippen LogP contribution in [0.4, 0.5) is 5.69 Å². The molecule has 172 valence electrons. The van der Waals surface area contributed by atoms with Crippen molar-refractivity contribution in [2.75, 3.05) is 18.4 Å². The molecule has 1 saturated heterocycles. The van der Waals surface area contributed by atoms with Crippen molar-refractivity contribution in [2.24, 2.45) is 0 Å². The van der Waals surface area contributed by atoms with Gasteiger partial charge in [0.2, 0.25) is 10.0 Å². The van der Waals surface area contributed by atoms with Crippen LogP contribution in [0.1, 0.15) is 49.9 Å². The third-order valence-corrected chi connectivity index (χ3v) is 7.68. The summed E-state index contributed by atoms with van der Waals surface area (Å²) in [5.74, 6) is 0.436. The SMILES string of the molecule is CC1CN(S(=O)(=O)c2ccc(C(=O)Nc3cccc(OC4CCCC4)c3)cc2)CC(C)O1. The minimum absolute atomic E-state index is 0.160. The van der Waals surface area contributed by atoms with Crippen molar-refractivity contribution in [3.63, 3.8) is 0 Å². The number of nitrogens with one attached hydrogen (secondary N) is 1. The quantitative estimate of drug-likeness (QED) is 0.706. The molecule has 0 spiro atoms. The molecular weight excluding hydrogens is 428 g/mol. The second-order valence-corrected chi connectivity index (χ2v) is 10.5. The van der Waals surface area contributed by atoms with Gasteiger partial charge in [-0.2, -0.15) is 4.31 Å². The monoisotopic (exact) mass is 458 g/mol. The normalized spacial score (nSPS) is 22.6. The van der Waals surface area contributed by atoms with Crippen molar-refractivity contribution < 1.29 is 22.7 Å². The molecule has 1 aliphatic carbocycles. The van der Waals surface area contributed by atoms with Gasteiger partial charge < -0.3 is 14.8 Å². The molecule has 7 nitrogen and oxygen atoms in total. The van der Waals surface area contributed by atoms with E-state index in [0.29, 0.717) is 24.3 Å². The average molecular weight is 459 g/mol.